The van der Waals surface area contributed by atoms with Crippen LogP contribution in [0.3, 0.4) is 0 Å². The Kier molecular flexibility index (Phi) is 2.97. The molecule has 3 aromatic carbocycles. The summed E-state index contributed by atoms with van der Waals surface area (Å²) in [5.41, 5.74) is 5.24. The molecular formula is C20H16O. The summed E-state index contributed by atoms with van der Waals surface area (Å²) in [5, 5.41) is 0. The first-order valence-electron chi connectivity index (χ1n) is 7.30. The zero-order chi connectivity index (χ0) is 14.1. The highest BCUT2D eigenvalue weighted by molar-refractivity contribution is 5.48. The Balaban J connectivity index is 1.94. The van der Waals surface area contributed by atoms with Gasteiger partial charge in [0.2, 0.25) is 0 Å². The second-order valence-electron chi connectivity index (χ2n) is 5.44. The highest BCUT2D eigenvalue weighted by Gasteiger charge is 2.14. The molecule has 1 heterocycles. The van der Waals surface area contributed by atoms with Crippen LogP contribution in [0.5, 0.6) is 11.5 Å². The van der Waals surface area contributed by atoms with Crippen LogP contribution in [0.15, 0.2) is 72.8 Å². The van der Waals surface area contributed by atoms with E-state index in [4.69, 9.17) is 4.74 Å². The van der Waals surface area contributed by atoms with Crippen molar-refractivity contribution >= 4 is 0 Å². The van der Waals surface area contributed by atoms with E-state index in [-0.39, 0.29) is 0 Å². The van der Waals surface area contributed by atoms with E-state index in [1.165, 1.54) is 22.3 Å². The molecular weight excluding hydrogens is 256 g/mol. The summed E-state index contributed by atoms with van der Waals surface area (Å²) in [6.07, 6.45) is 1.83. The molecule has 0 unspecified atom stereocenters. The predicted molar refractivity (Wildman–Crippen MR) is 85.0 cm³/mol. The Morgan fingerprint density at radius 3 is 1.33 bits per heavy atom. The zero-order valence-electron chi connectivity index (χ0n) is 11.8. The largest absolute Gasteiger partial charge is 0.457 e. The first-order chi connectivity index (χ1) is 10.4. The quantitative estimate of drug-likeness (QED) is 0.439. The van der Waals surface area contributed by atoms with Crippen molar-refractivity contribution in [2.75, 3.05) is 0 Å². The molecule has 0 saturated heterocycles. The van der Waals surface area contributed by atoms with E-state index >= 15 is 0 Å². The minimum Gasteiger partial charge on any atom is -0.457 e. The summed E-state index contributed by atoms with van der Waals surface area (Å²) >= 11 is 0. The van der Waals surface area contributed by atoms with Crippen LogP contribution in [0.4, 0.5) is 0 Å². The zero-order valence-corrected chi connectivity index (χ0v) is 11.8. The van der Waals surface area contributed by atoms with E-state index in [2.05, 4.69) is 60.7 Å². The molecule has 0 N–H and O–H groups in total. The van der Waals surface area contributed by atoms with Crippen molar-refractivity contribution in [2.45, 2.75) is 12.8 Å². The summed E-state index contributed by atoms with van der Waals surface area (Å²) in [6.45, 7) is 0. The van der Waals surface area contributed by atoms with Crippen molar-refractivity contribution in [3.05, 3.63) is 95.1 Å². The maximum Gasteiger partial charge on any atom is 0.130 e. The monoisotopic (exact) mass is 272 g/mol. The van der Waals surface area contributed by atoms with Crippen molar-refractivity contribution in [1.29, 1.82) is 0 Å². The summed E-state index contributed by atoms with van der Waals surface area (Å²) in [7, 11) is 0. The number of para-hydroxylation sites is 2. The van der Waals surface area contributed by atoms with Crippen molar-refractivity contribution in [1.82, 2.24) is 0 Å². The van der Waals surface area contributed by atoms with Crippen LogP contribution < -0.4 is 4.74 Å². The smallest absolute Gasteiger partial charge is 0.130 e. The van der Waals surface area contributed by atoms with Crippen LogP contribution in [0.1, 0.15) is 22.3 Å². The number of hydrogen-bond acceptors (Lipinski definition) is 1. The lowest BCUT2D eigenvalue weighted by Gasteiger charge is -2.11. The molecule has 0 saturated carbocycles. The molecule has 0 aliphatic carbocycles. The van der Waals surface area contributed by atoms with E-state index in [0.717, 1.165) is 24.3 Å². The van der Waals surface area contributed by atoms with Gasteiger partial charge in [-0.2, -0.15) is 0 Å². The molecule has 0 aromatic heterocycles. The normalized spacial score (nSPS) is 12.8. The molecule has 4 rings (SSSR count). The fourth-order valence-electron chi connectivity index (χ4n) is 2.93. The van der Waals surface area contributed by atoms with Gasteiger partial charge in [-0.25, -0.2) is 0 Å². The molecule has 1 aliphatic rings. The van der Waals surface area contributed by atoms with Gasteiger partial charge < -0.3 is 4.74 Å². The van der Waals surface area contributed by atoms with E-state index in [1.807, 2.05) is 12.1 Å². The van der Waals surface area contributed by atoms with E-state index < -0.39 is 0 Å². The molecule has 0 bridgehead atoms. The van der Waals surface area contributed by atoms with Crippen molar-refractivity contribution in [3.8, 4) is 11.5 Å². The maximum absolute atomic E-state index is 6.19. The third-order valence-corrected chi connectivity index (χ3v) is 4.05. The average Bonchev–Trinajstić information content (AvgIpc) is 2.59. The summed E-state index contributed by atoms with van der Waals surface area (Å²) in [4.78, 5) is 0. The Morgan fingerprint density at radius 1 is 0.476 bits per heavy atom. The molecule has 0 fully saturated rings. The number of fused-ring (bicyclic) bond motifs is 3. The van der Waals surface area contributed by atoms with Crippen molar-refractivity contribution in [2.24, 2.45) is 0 Å². The fraction of sp³-hybridized carbons (Fsp3) is 0.100. The molecule has 1 aliphatic heterocycles. The van der Waals surface area contributed by atoms with Gasteiger partial charge in [-0.05, 0) is 34.4 Å². The first-order valence-corrected chi connectivity index (χ1v) is 7.30. The average molecular weight is 272 g/mol. The van der Waals surface area contributed by atoms with Crippen LogP contribution in [0.25, 0.3) is 0 Å². The van der Waals surface area contributed by atoms with Crippen LogP contribution >= 0.6 is 0 Å². The Bertz CT molecular complexity index is 618. The molecule has 3 aromatic rings. The molecule has 102 valence electrons. The predicted octanol–water partition coefficient (Wildman–Crippen LogP) is 4.97. The molecule has 1 nitrogen and oxygen atoms in total. The van der Waals surface area contributed by atoms with Crippen LogP contribution in [-0.2, 0) is 12.8 Å². The van der Waals surface area contributed by atoms with E-state index in [9.17, 15) is 0 Å². The Hall–Kier alpha value is -2.54. The number of ether oxygens (including phenoxy) is 1. The fourth-order valence-corrected chi connectivity index (χ4v) is 2.93. The van der Waals surface area contributed by atoms with Crippen molar-refractivity contribution in [3.63, 3.8) is 0 Å². The van der Waals surface area contributed by atoms with Gasteiger partial charge in [0.1, 0.15) is 11.5 Å². The highest BCUT2D eigenvalue weighted by Crippen LogP contribution is 2.33. The van der Waals surface area contributed by atoms with Gasteiger partial charge in [-0.1, -0.05) is 60.7 Å². The number of hydrogen-bond donors (Lipinski definition) is 0. The molecule has 1 heteroatoms. The lowest BCUT2D eigenvalue weighted by Crippen LogP contribution is -1.95. The number of rotatable bonds is 0. The lowest BCUT2D eigenvalue weighted by molar-refractivity contribution is 0.473. The number of benzene rings is 3. The molecule has 0 atom stereocenters. The van der Waals surface area contributed by atoms with Gasteiger partial charge in [0.25, 0.3) is 0 Å². The standard InChI is InChI=1S/C20H16O/c1-2-8-16-14-18-10-4-6-12-20(18)21-19-11-5-3-9-17(19)13-15(16)7-1/h1-12H,13-14H2. The summed E-state index contributed by atoms with van der Waals surface area (Å²) in [5.74, 6) is 1.92. The van der Waals surface area contributed by atoms with Gasteiger partial charge in [-0.3, -0.25) is 0 Å². The minimum atomic E-state index is 0.917. The van der Waals surface area contributed by atoms with Crippen LogP contribution in [-0.4, -0.2) is 0 Å². The van der Waals surface area contributed by atoms with E-state index in [1.54, 1.807) is 0 Å². The van der Waals surface area contributed by atoms with Crippen molar-refractivity contribution < 1.29 is 4.74 Å². The van der Waals surface area contributed by atoms with Gasteiger partial charge >= 0.3 is 0 Å². The maximum atomic E-state index is 6.19. The molecule has 0 spiro atoms. The lowest BCUT2D eigenvalue weighted by atomic mass is 9.95. The topological polar surface area (TPSA) is 9.23 Å². The third-order valence-electron chi connectivity index (χ3n) is 4.05. The summed E-state index contributed by atoms with van der Waals surface area (Å²) < 4.78 is 6.19. The molecule has 21 heavy (non-hydrogen) atoms. The van der Waals surface area contributed by atoms with Gasteiger partial charge in [0.05, 0.1) is 0 Å². The Morgan fingerprint density at radius 2 is 0.857 bits per heavy atom. The van der Waals surface area contributed by atoms with Gasteiger partial charge in [0, 0.05) is 12.8 Å². The minimum absolute atomic E-state index is 0.917. The van der Waals surface area contributed by atoms with Crippen LogP contribution in [0, 0.1) is 0 Å². The van der Waals surface area contributed by atoms with E-state index in [0.29, 0.717) is 0 Å². The molecule has 0 radical (unpaired) electrons. The third kappa shape index (κ3) is 2.31. The second-order valence-corrected chi connectivity index (χ2v) is 5.44. The van der Waals surface area contributed by atoms with Gasteiger partial charge in [0.15, 0.2) is 0 Å². The highest BCUT2D eigenvalue weighted by atomic mass is 16.5. The first kappa shape index (κ1) is 12.2. The summed E-state index contributed by atoms with van der Waals surface area (Å²) in [6, 6.07) is 25.3. The second kappa shape index (κ2) is 5.10. The SMILES string of the molecule is c1ccc2c(c1)Cc1ccccc1Oc1ccccc1C2. The van der Waals surface area contributed by atoms with Crippen LogP contribution in [0.2, 0.25) is 0 Å². The van der Waals surface area contributed by atoms with Gasteiger partial charge in [-0.15, -0.1) is 0 Å². The molecule has 0 amide bonds. The Labute approximate surface area is 124 Å².